The van der Waals surface area contributed by atoms with Crippen molar-refractivity contribution in [2.24, 2.45) is 11.8 Å². The van der Waals surface area contributed by atoms with Crippen molar-refractivity contribution in [1.29, 1.82) is 0 Å². The summed E-state index contributed by atoms with van der Waals surface area (Å²) in [6, 6.07) is 21.1. The number of ether oxygens (including phenoxy) is 2. The van der Waals surface area contributed by atoms with E-state index in [4.69, 9.17) is 21.1 Å². The number of fused-ring (bicyclic) bond motifs is 1. The molecule has 3 aromatic rings. The van der Waals surface area contributed by atoms with Gasteiger partial charge in [-0.1, -0.05) is 61.0 Å². The number of anilines is 2. The summed E-state index contributed by atoms with van der Waals surface area (Å²) in [6.07, 6.45) is 1.41. The van der Waals surface area contributed by atoms with Crippen molar-refractivity contribution < 1.29 is 29.0 Å². The first-order valence-corrected chi connectivity index (χ1v) is 15.4. The number of nitrogens with zero attached hydrogens (tertiary/aromatic N) is 1. The molecule has 2 unspecified atom stereocenters. The molecule has 9 nitrogen and oxygen atoms in total. The van der Waals surface area contributed by atoms with Crippen molar-refractivity contribution in [3.63, 3.8) is 0 Å². The van der Waals surface area contributed by atoms with Gasteiger partial charge in [-0.05, 0) is 68.1 Å². The highest BCUT2D eigenvalue weighted by Gasteiger charge is 2.79. The van der Waals surface area contributed by atoms with Crippen LogP contribution in [0.3, 0.4) is 0 Å². The highest BCUT2D eigenvalue weighted by molar-refractivity contribution is 6.33. The van der Waals surface area contributed by atoms with Crippen molar-refractivity contribution in [2.75, 3.05) is 23.8 Å². The van der Waals surface area contributed by atoms with Gasteiger partial charge in [-0.2, -0.15) is 0 Å². The maximum absolute atomic E-state index is 14.7. The molecule has 3 aliphatic rings. The number of benzene rings is 3. The van der Waals surface area contributed by atoms with Crippen LogP contribution >= 0.6 is 11.6 Å². The summed E-state index contributed by atoms with van der Waals surface area (Å²) < 4.78 is 12.4. The Kier molecular flexibility index (Phi) is 8.13. The van der Waals surface area contributed by atoms with Crippen LogP contribution in [0.25, 0.3) is 0 Å². The van der Waals surface area contributed by atoms with Crippen molar-refractivity contribution in [1.82, 2.24) is 4.90 Å². The Bertz CT molecular complexity index is 1550. The molecule has 230 valence electrons. The summed E-state index contributed by atoms with van der Waals surface area (Å²) in [7, 11) is 0. The van der Waals surface area contributed by atoms with Crippen LogP contribution in [0.4, 0.5) is 11.4 Å². The second-order valence-corrected chi connectivity index (χ2v) is 12.0. The minimum Gasteiger partial charge on any atom is -0.494 e. The standard InChI is InChI=1S/C34H36ClN3O6/c1-3-33-18-19-34(44-33)28(27(33)30(40)36-22-14-16-23(17-15-22)43-4-2)32(42)38(26(20-39)21-10-6-5-7-11-21)29(34)31(41)37-25-13-9-8-12-24(25)35/h5-17,26-29,39H,3-4,18-20H2,1-2H3,(H,36,40)(H,37,41)/t26-,27+,28+,29?,33-,34?/m1/s1. The van der Waals surface area contributed by atoms with Crippen LogP contribution in [0.15, 0.2) is 78.9 Å². The Morgan fingerprint density at radius 1 is 1.00 bits per heavy atom. The quantitative estimate of drug-likeness (QED) is 0.288. The molecular weight excluding hydrogens is 582 g/mol. The molecule has 6 rings (SSSR count). The summed E-state index contributed by atoms with van der Waals surface area (Å²) in [5, 5.41) is 16.9. The van der Waals surface area contributed by atoms with E-state index in [2.05, 4.69) is 10.6 Å². The SMILES string of the molecule is CCOc1ccc(NC(=O)[C@@H]2[C@H]3C(=O)N([C@H](CO)c4ccccc4)C(C(=O)Nc4ccccc4Cl)C34CC[C@@]2(CC)O4)cc1. The molecule has 6 atom stereocenters. The lowest BCUT2D eigenvalue weighted by atomic mass is 9.65. The maximum atomic E-state index is 14.7. The molecule has 3 fully saturated rings. The predicted molar refractivity (Wildman–Crippen MR) is 166 cm³/mol. The summed E-state index contributed by atoms with van der Waals surface area (Å²) >= 11 is 6.40. The number of rotatable bonds is 10. The number of aliphatic hydroxyl groups is 1. The number of hydrogen-bond donors (Lipinski definition) is 3. The van der Waals surface area contributed by atoms with Gasteiger partial charge in [0.25, 0.3) is 0 Å². The van der Waals surface area contributed by atoms with Crippen LogP contribution in [0.2, 0.25) is 5.02 Å². The number of amides is 3. The second kappa shape index (κ2) is 11.9. The molecule has 0 saturated carbocycles. The Balaban J connectivity index is 1.41. The number of nitrogens with one attached hydrogen (secondary N) is 2. The molecule has 3 N–H and O–H groups in total. The number of likely N-dealkylation sites (tertiary alicyclic amines) is 1. The van der Waals surface area contributed by atoms with Gasteiger partial charge in [0.1, 0.15) is 17.4 Å². The zero-order valence-electron chi connectivity index (χ0n) is 24.7. The summed E-state index contributed by atoms with van der Waals surface area (Å²) in [4.78, 5) is 44.5. The van der Waals surface area contributed by atoms with Gasteiger partial charge in [-0.3, -0.25) is 14.4 Å². The Labute approximate surface area is 261 Å². The Morgan fingerprint density at radius 3 is 2.36 bits per heavy atom. The summed E-state index contributed by atoms with van der Waals surface area (Å²) in [6.45, 7) is 3.94. The smallest absolute Gasteiger partial charge is 0.250 e. The fourth-order valence-electron chi connectivity index (χ4n) is 7.50. The highest BCUT2D eigenvalue weighted by atomic mass is 35.5. The van der Waals surface area contributed by atoms with E-state index in [1.54, 1.807) is 48.5 Å². The lowest BCUT2D eigenvalue weighted by molar-refractivity contribution is -0.148. The molecule has 3 aromatic carbocycles. The zero-order valence-corrected chi connectivity index (χ0v) is 25.4. The van der Waals surface area contributed by atoms with Gasteiger partial charge in [0.05, 0.1) is 47.4 Å². The van der Waals surface area contributed by atoms with Gasteiger partial charge in [-0.15, -0.1) is 0 Å². The first-order valence-electron chi connectivity index (χ1n) is 15.1. The zero-order chi connectivity index (χ0) is 31.1. The first-order chi connectivity index (χ1) is 21.3. The minimum absolute atomic E-state index is 0.344. The monoisotopic (exact) mass is 617 g/mol. The number of aliphatic hydroxyl groups excluding tert-OH is 1. The van der Waals surface area contributed by atoms with Crippen LogP contribution in [0.1, 0.15) is 44.7 Å². The molecule has 3 heterocycles. The lowest BCUT2D eigenvalue weighted by Crippen LogP contribution is -2.54. The van der Waals surface area contributed by atoms with Crippen LogP contribution < -0.4 is 15.4 Å². The highest BCUT2D eigenvalue weighted by Crippen LogP contribution is 2.65. The largest absolute Gasteiger partial charge is 0.494 e. The van der Waals surface area contributed by atoms with Gasteiger partial charge in [-0.25, -0.2) is 0 Å². The summed E-state index contributed by atoms with van der Waals surface area (Å²) in [5.74, 6) is -2.32. The average Bonchev–Trinajstić information content (AvgIpc) is 3.64. The van der Waals surface area contributed by atoms with E-state index in [0.29, 0.717) is 53.6 Å². The van der Waals surface area contributed by atoms with E-state index in [1.165, 1.54) is 4.90 Å². The average molecular weight is 618 g/mol. The molecule has 3 saturated heterocycles. The second-order valence-electron chi connectivity index (χ2n) is 11.6. The van der Waals surface area contributed by atoms with Crippen molar-refractivity contribution >= 4 is 40.7 Å². The number of halogens is 1. The van der Waals surface area contributed by atoms with Crippen molar-refractivity contribution in [2.45, 2.75) is 56.4 Å². The third kappa shape index (κ3) is 4.83. The molecular formula is C34H36ClN3O6. The van der Waals surface area contributed by atoms with Crippen molar-refractivity contribution in [3.05, 3.63) is 89.4 Å². The van der Waals surface area contributed by atoms with Gasteiger partial charge in [0.15, 0.2) is 0 Å². The molecule has 0 aliphatic carbocycles. The number of carbonyl (C=O) groups excluding carboxylic acids is 3. The number of carbonyl (C=O) groups is 3. The molecule has 3 amide bonds. The van der Waals surface area contributed by atoms with Crippen LogP contribution in [0.5, 0.6) is 5.75 Å². The van der Waals surface area contributed by atoms with Gasteiger partial charge >= 0.3 is 0 Å². The van der Waals surface area contributed by atoms with Gasteiger partial charge < -0.3 is 30.1 Å². The Morgan fingerprint density at radius 2 is 1.70 bits per heavy atom. The van der Waals surface area contributed by atoms with E-state index in [-0.39, 0.29) is 5.91 Å². The maximum Gasteiger partial charge on any atom is 0.250 e. The van der Waals surface area contributed by atoms with Gasteiger partial charge in [0, 0.05) is 5.69 Å². The fraction of sp³-hybridized carbons (Fsp3) is 0.382. The molecule has 10 heteroatoms. The fourth-order valence-corrected chi connectivity index (χ4v) is 7.69. The van der Waals surface area contributed by atoms with Crippen molar-refractivity contribution in [3.8, 4) is 5.75 Å². The minimum atomic E-state index is -1.28. The molecule has 0 aromatic heterocycles. The summed E-state index contributed by atoms with van der Waals surface area (Å²) in [5.41, 5.74) is -0.567. The third-order valence-corrected chi connectivity index (χ3v) is 9.74. The Hall–Kier alpha value is -3.92. The normalized spacial score (nSPS) is 27.6. The molecule has 0 radical (unpaired) electrons. The van der Waals surface area contributed by atoms with Crippen LogP contribution in [-0.2, 0) is 19.1 Å². The number of hydrogen-bond acceptors (Lipinski definition) is 6. The van der Waals surface area contributed by atoms with E-state index in [0.717, 1.165) is 0 Å². The molecule has 1 spiro atoms. The first kappa shape index (κ1) is 30.1. The molecule has 2 bridgehead atoms. The van der Waals surface area contributed by atoms with Crippen LogP contribution in [-0.4, -0.2) is 58.2 Å². The number of para-hydroxylation sites is 1. The lowest BCUT2D eigenvalue weighted by Gasteiger charge is -2.37. The molecule has 3 aliphatic heterocycles. The van der Waals surface area contributed by atoms with E-state index in [9.17, 15) is 19.5 Å². The van der Waals surface area contributed by atoms with Gasteiger partial charge in [0.2, 0.25) is 17.7 Å². The predicted octanol–water partition coefficient (Wildman–Crippen LogP) is 5.20. The van der Waals surface area contributed by atoms with E-state index >= 15 is 0 Å². The third-order valence-electron chi connectivity index (χ3n) is 9.41. The van der Waals surface area contributed by atoms with E-state index < -0.39 is 53.5 Å². The van der Waals surface area contributed by atoms with Crippen LogP contribution in [0, 0.1) is 11.8 Å². The topological polar surface area (TPSA) is 117 Å². The van der Waals surface area contributed by atoms with E-state index in [1.807, 2.05) is 44.2 Å². The molecule has 44 heavy (non-hydrogen) atoms.